The van der Waals surface area contributed by atoms with Gasteiger partial charge in [0, 0.05) is 0 Å². The fourth-order valence-corrected chi connectivity index (χ4v) is 3.47. The second-order valence-electron chi connectivity index (χ2n) is 7.71. The van der Waals surface area contributed by atoms with E-state index in [4.69, 9.17) is 9.47 Å². The molecule has 0 aromatic heterocycles. The number of carbonyl (C=O) groups is 2. The molecule has 2 unspecified atom stereocenters. The van der Waals surface area contributed by atoms with Crippen molar-refractivity contribution in [1.82, 2.24) is 0 Å². The molecule has 0 amide bonds. The molecule has 0 aromatic rings. The van der Waals surface area contributed by atoms with E-state index < -0.39 is 17.4 Å². The van der Waals surface area contributed by atoms with Gasteiger partial charge in [-0.2, -0.15) is 0 Å². The van der Waals surface area contributed by atoms with E-state index in [0.717, 1.165) is 64.2 Å². The minimum absolute atomic E-state index is 0.0979. The van der Waals surface area contributed by atoms with E-state index in [1.165, 1.54) is 0 Å². The van der Waals surface area contributed by atoms with Crippen LogP contribution in [0.1, 0.15) is 119 Å². The van der Waals surface area contributed by atoms with E-state index in [1.54, 1.807) is 0 Å². The van der Waals surface area contributed by atoms with E-state index in [9.17, 15) is 9.59 Å². The lowest BCUT2D eigenvalue weighted by Crippen LogP contribution is -2.44. The Morgan fingerprint density at radius 1 is 0.630 bits per heavy atom. The van der Waals surface area contributed by atoms with Crippen molar-refractivity contribution < 1.29 is 19.1 Å². The van der Waals surface area contributed by atoms with Gasteiger partial charge in [0.05, 0.1) is 0 Å². The molecule has 0 aliphatic heterocycles. The molecule has 0 aliphatic carbocycles. The van der Waals surface area contributed by atoms with Gasteiger partial charge in [0.15, 0.2) is 5.41 Å². The highest BCUT2D eigenvalue weighted by molar-refractivity contribution is 6.00. The summed E-state index contributed by atoms with van der Waals surface area (Å²) in [5.41, 5.74) is -1.17. The van der Waals surface area contributed by atoms with E-state index in [-0.39, 0.29) is 12.2 Å². The smallest absolute Gasteiger partial charge is 0.323 e. The first kappa shape index (κ1) is 25.9. The Hall–Kier alpha value is -1.06. The maximum absolute atomic E-state index is 13.0. The van der Waals surface area contributed by atoms with Crippen LogP contribution in [0.4, 0.5) is 0 Å². The standard InChI is InChI=1S/C23H44O4/c1-7-13-17-19(15-9-3)26-21(24)23(11-5,12-6)22(25)27-20(16-10-4)18-14-8-2/h19-20H,7-18H2,1-6H3. The van der Waals surface area contributed by atoms with Gasteiger partial charge in [0.1, 0.15) is 12.2 Å². The molecular formula is C23H44O4. The van der Waals surface area contributed by atoms with Crippen LogP contribution in [0, 0.1) is 5.41 Å². The molecule has 4 nitrogen and oxygen atoms in total. The van der Waals surface area contributed by atoms with Crippen molar-refractivity contribution in [3.63, 3.8) is 0 Å². The van der Waals surface area contributed by atoms with Gasteiger partial charge >= 0.3 is 11.9 Å². The first-order valence-corrected chi connectivity index (χ1v) is 11.4. The summed E-state index contributed by atoms with van der Waals surface area (Å²) in [6.45, 7) is 12.2. The van der Waals surface area contributed by atoms with Crippen molar-refractivity contribution in [1.29, 1.82) is 0 Å². The molecule has 160 valence electrons. The molecule has 0 aromatic carbocycles. The highest BCUT2D eigenvalue weighted by Crippen LogP contribution is 2.33. The van der Waals surface area contributed by atoms with Gasteiger partial charge in [0.2, 0.25) is 0 Å². The van der Waals surface area contributed by atoms with Crippen LogP contribution in [0.25, 0.3) is 0 Å². The monoisotopic (exact) mass is 384 g/mol. The Labute approximate surface area is 167 Å². The van der Waals surface area contributed by atoms with Gasteiger partial charge < -0.3 is 9.47 Å². The zero-order valence-corrected chi connectivity index (χ0v) is 18.8. The molecule has 27 heavy (non-hydrogen) atoms. The zero-order chi connectivity index (χ0) is 20.7. The SMILES string of the molecule is CCCCC(CCC)OC(=O)C(CC)(CC)C(=O)OC(CCC)CCCC. The van der Waals surface area contributed by atoms with Gasteiger partial charge in [0.25, 0.3) is 0 Å². The van der Waals surface area contributed by atoms with Crippen LogP contribution in [-0.4, -0.2) is 24.1 Å². The van der Waals surface area contributed by atoms with E-state index >= 15 is 0 Å². The van der Waals surface area contributed by atoms with Crippen molar-refractivity contribution in [2.75, 3.05) is 0 Å². The summed E-state index contributed by atoms with van der Waals surface area (Å²) in [7, 11) is 0. The van der Waals surface area contributed by atoms with Crippen molar-refractivity contribution in [3.05, 3.63) is 0 Å². The van der Waals surface area contributed by atoms with Crippen LogP contribution in [0.2, 0.25) is 0 Å². The second kappa shape index (κ2) is 14.9. The summed E-state index contributed by atoms with van der Waals surface area (Å²) >= 11 is 0. The molecule has 0 aliphatic rings. The van der Waals surface area contributed by atoms with Crippen molar-refractivity contribution in [2.45, 2.75) is 131 Å². The van der Waals surface area contributed by atoms with Crippen molar-refractivity contribution >= 4 is 11.9 Å². The summed E-state index contributed by atoms with van der Waals surface area (Å²) in [4.78, 5) is 26.1. The largest absolute Gasteiger partial charge is 0.462 e. The fraction of sp³-hybridized carbons (Fsp3) is 0.913. The van der Waals surface area contributed by atoms with Crippen LogP contribution in [0.5, 0.6) is 0 Å². The summed E-state index contributed by atoms with van der Waals surface area (Å²) < 4.78 is 11.7. The minimum Gasteiger partial charge on any atom is -0.462 e. The molecule has 0 spiro atoms. The molecule has 0 fully saturated rings. The normalized spacial score (nSPS) is 13.9. The minimum atomic E-state index is -1.17. The third-order valence-corrected chi connectivity index (χ3v) is 5.52. The van der Waals surface area contributed by atoms with Gasteiger partial charge in [-0.15, -0.1) is 0 Å². The van der Waals surface area contributed by atoms with Crippen LogP contribution in [0.15, 0.2) is 0 Å². The average Bonchev–Trinajstić information content (AvgIpc) is 2.66. The lowest BCUT2D eigenvalue weighted by Gasteiger charge is -2.31. The summed E-state index contributed by atoms with van der Waals surface area (Å²) in [6, 6.07) is 0. The molecule has 0 rings (SSSR count). The Balaban J connectivity index is 5.23. The van der Waals surface area contributed by atoms with Crippen LogP contribution in [-0.2, 0) is 19.1 Å². The first-order valence-electron chi connectivity index (χ1n) is 11.4. The molecule has 0 N–H and O–H groups in total. The molecule has 0 bridgehead atoms. The molecule has 0 saturated heterocycles. The van der Waals surface area contributed by atoms with Gasteiger partial charge in [-0.3, -0.25) is 9.59 Å². The Morgan fingerprint density at radius 2 is 1.00 bits per heavy atom. The van der Waals surface area contributed by atoms with Crippen LogP contribution < -0.4 is 0 Å². The predicted octanol–water partition coefficient (Wildman–Crippen LogP) is 6.60. The van der Waals surface area contributed by atoms with E-state index in [0.29, 0.717) is 12.8 Å². The number of unbranched alkanes of at least 4 members (excludes halogenated alkanes) is 2. The maximum atomic E-state index is 13.0. The number of esters is 2. The highest BCUT2D eigenvalue weighted by Gasteiger charge is 2.47. The number of ether oxygens (including phenoxy) is 2. The Bertz CT molecular complexity index is 367. The topological polar surface area (TPSA) is 52.6 Å². The van der Waals surface area contributed by atoms with Crippen molar-refractivity contribution in [3.8, 4) is 0 Å². The lowest BCUT2D eigenvalue weighted by atomic mass is 9.82. The summed E-state index contributed by atoms with van der Waals surface area (Å²) in [5, 5.41) is 0. The Morgan fingerprint density at radius 3 is 1.26 bits per heavy atom. The van der Waals surface area contributed by atoms with E-state index in [1.807, 2.05) is 13.8 Å². The maximum Gasteiger partial charge on any atom is 0.323 e. The molecule has 0 saturated carbocycles. The third-order valence-electron chi connectivity index (χ3n) is 5.52. The van der Waals surface area contributed by atoms with Crippen molar-refractivity contribution in [2.24, 2.45) is 5.41 Å². The Kier molecular flexibility index (Phi) is 14.3. The molecule has 0 heterocycles. The lowest BCUT2D eigenvalue weighted by molar-refractivity contribution is -0.180. The third kappa shape index (κ3) is 8.66. The molecular weight excluding hydrogens is 340 g/mol. The van der Waals surface area contributed by atoms with Crippen LogP contribution in [0.3, 0.4) is 0 Å². The molecule has 2 atom stereocenters. The average molecular weight is 385 g/mol. The van der Waals surface area contributed by atoms with Gasteiger partial charge in [-0.1, -0.05) is 80.1 Å². The first-order chi connectivity index (χ1) is 12.9. The fourth-order valence-electron chi connectivity index (χ4n) is 3.47. The highest BCUT2D eigenvalue weighted by atomic mass is 16.6. The number of hydrogen-bond acceptors (Lipinski definition) is 4. The predicted molar refractivity (Wildman–Crippen MR) is 112 cm³/mol. The van der Waals surface area contributed by atoms with Gasteiger partial charge in [-0.05, 0) is 38.5 Å². The number of rotatable bonds is 16. The van der Waals surface area contributed by atoms with Gasteiger partial charge in [-0.25, -0.2) is 0 Å². The molecule has 0 radical (unpaired) electrons. The zero-order valence-electron chi connectivity index (χ0n) is 18.8. The summed E-state index contributed by atoms with van der Waals surface area (Å²) in [5.74, 6) is -0.782. The van der Waals surface area contributed by atoms with Crippen LogP contribution >= 0.6 is 0 Å². The van der Waals surface area contributed by atoms with E-state index in [2.05, 4.69) is 27.7 Å². The quantitative estimate of drug-likeness (QED) is 0.222. The number of carbonyl (C=O) groups excluding carboxylic acids is 2. The second-order valence-corrected chi connectivity index (χ2v) is 7.71. The molecule has 4 heteroatoms. The number of hydrogen-bond donors (Lipinski definition) is 0. The summed E-state index contributed by atoms with van der Waals surface area (Å²) in [6.07, 6.45) is 10.2.